The quantitative estimate of drug-likeness (QED) is 0.276. The first-order valence-electron chi connectivity index (χ1n) is 12.7. The first-order valence-corrected chi connectivity index (χ1v) is 12.7. The van der Waals surface area contributed by atoms with Gasteiger partial charge in [0.15, 0.2) is 23.2 Å². The predicted octanol–water partition coefficient (Wildman–Crippen LogP) is 8.16. The van der Waals surface area contributed by atoms with Crippen LogP contribution >= 0.6 is 0 Å². The van der Waals surface area contributed by atoms with Gasteiger partial charge in [-0.3, -0.25) is 0 Å². The van der Waals surface area contributed by atoms with E-state index in [-0.39, 0.29) is 35.5 Å². The number of halogens is 4. The molecule has 192 valence electrons. The summed E-state index contributed by atoms with van der Waals surface area (Å²) in [5.74, 6) is -3.58. The third kappa shape index (κ3) is 5.75. The molecule has 3 aromatic rings. The average Bonchev–Trinajstić information content (AvgIpc) is 2.89. The summed E-state index contributed by atoms with van der Waals surface area (Å²) in [6, 6.07) is 13.4. The summed E-state index contributed by atoms with van der Waals surface area (Å²) >= 11 is 0. The molecule has 0 aliphatic heterocycles. The molecular weight excluding hydrogens is 468 g/mol. The molecule has 0 bridgehead atoms. The van der Waals surface area contributed by atoms with Crippen LogP contribution in [0.15, 0.2) is 48.5 Å². The molecule has 4 rings (SSSR count). The molecule has 3 aromatic carbocycles. The summed E-state index contributed by atoms with van der Waals surface area (Å²) in [5.41, 5.74) is 2.37. The second-order valence-corrected chi connectivity index (χ2v) is 9.24. The van der Waals surface area contributed by atoms with Crippen LogP contribution in [0.5, 0.6) is 5.75 Å². The van der Waals surface area contributed by atoms with E-state index in [0.29, 0.717) is 30.6 Å². The summed E-state index contributed by atoms with van der Waals surface area (Å²) in [7, 11) is 0. The Hall–Kier alpha value is -2.86. The SMILES string of the molecule is CCOc1ccc(CCc2ccc(-c3ccc(C4CCC(OCC)CC4)c(F)c3F)cc2)c(F)c1F. The first-order chi connectivity index (χ1) is 17.4. The number of ether oxygens (including phenoxy) is 2. The fourth-order valence-electron chi connectivity index (χ4n) is 5.04. The zero-order valence-corrected chi connectivity index (χ0v) is 20.8. The molecule has 0 atom stereocenters. The molecule has 0 spiro atoms. The zero-order chi connectivity index (χ0) is 25.7. The summed E-state index contributed by atoms with van der Waals surface area (Å²) in [5, 5.41) is 0. The van der Waals surface area contributed by atoms with Gasteiger partial charge in [-0.2, -0.15) is 4.39 Å². The van der Waals surface area contributed by atoms with Crippen molar-refractivity contribution in [1.29, 1.82) is 0 Å². The standard InChI is InChI=1S/C30H32F4O2/c1-3-35-23-14-11-21(12-15-23)25-17-16-24(28(32)29(25)33)20-8-5-19(6-9-20)7-10-22-13-18-26(36-4-2)30(34)27(22)31/h5-6,8-9,13,16-18,21,23H,3-4,7,10-12,14-15H2,1-2H3. The Morgan fingerprint density at radius 3 is 2.08 bits per heavy atom. The molecule has 36 heavy (non-hydrogen) atoms. The van der Waals surface area contributed by atoms with E-state index in [1.807, 2.05) is 6.92 Å². The lowest BCUT2D eigenvalue weighted by Crippen LogP contribution is -2.21. The first kappa shape index (κ1) is 26.2. The fourth-order valence-corrected chi connectivity index (χ4v) is 5.04. The van der Waals surface area contributed by atoms with Crippen molar-refractivity contribution in [3.8, 4) is 16.9 Å². The van der Waals surface area contributed by atoms with Crippen LogP contribution in [0.3, 0.4) is 0 Å². The van der Waals surface area contributed by atoms with Crippen LogP contribution in [0.4, 0.5) is 17.6 Å². The van der Waals surface area contributed by atoms with Gasteiger partial charge in [0.05, 0.1) is 12.7 Å². The normalized spacial score (nSPS) is 17.8. The summed E-state index contributed by atoms with van der Waals surface area (Å²) in [4.78, 5) is 0. The summed E-state index contributed by atoms with van der Waals surface area (Å²) in [6.07, 6.45) is 4.28. The maximum atomic E-state index is 15.1. The van der Waals surface area contributed by atoms with E-state index in [0.717, 1.165) is 31.2 Å². The monoisotopic (exact) mass is 500 g/mol. The Morgan fingerprint density at radius 2 is 1.42 bits per heavy atom. The van der Waals surface area contributed by atoms with Gasteiger partial charge in [0.25, 0.3) is 0 Å². The van der Waals surface area contributed by atoms with Gasteiger partial charge >= 0.3 is 0 Å². The van der Waals surface area contributed by atoms with Crippen molar-refractivity contribution in [3.63, 3.8) is 0 Å². The minimum Gasteiger partial charge on any atom is -0.491 e. The van der Waals surface area contributed by atoms with Crippen LogP contribution in [-0.2, 0) is 17.6 Å². The molecule has 2 nitrogen and oxygen atoms in total. The third-order valence-corrected chi connectivity index (χ3v) is 7.00. The Kier molecular flexibility index (Phi) is 8.68. The van der Waals surface area contributed by atoms with Gasteiger partial charge in [-0.05, 0) is 86.6 Å². The van der Waals surface area contributed by atoms with E-state index in [2.05, 4.69) is 0 Å². The second-order valence-electron chi connectivity index (χ2n) is 9.24. The molecule has 0 aromatic heterocycles. The minimum atomic E-state index is -0.979. The van der Waals surface area contributed by atoms with E-state index in [9.17, 15) is 8.78 Å². The Balaban J connectivity index is 1.43. The van der Waals surface area contributed by atoms with Crippen molar-refractivity contribution < 1.29 is 27.0 Å². The number of rotatable bonds is 9. The Labute approximate surface area is 210 Å². The van der Waals surface area contributed by atoms with Gasteiger partial charge < -0.3 is 9.47 Å². The topological polar surface area (TPSA) is 18.5 Å². The maximum absolute atomic E-state index is 15.1. The van der Waals surface area contributed by atoms with Gasteiger partial charge in [-0.1, -0.05) is 42.5 Å². The maximum Gasteiger partial charge on any atom is 0.200 e. The van der Waals surface area contributed by atoms with Crippen LogP contribution in [0.25, 0.3) is 11.1 Å². The molecule has 1 saturated carbocycles. The second kappa shape index (κ2) is 11.9. The van der Waals surface area contributed by atoms with E-state index in [4.69, 9.17) is 9.47 Å². The molecule has 1 aliphatic rings. The predicted molar refractivity (Wildman–Crippen MR) is 133 cm³/mol. The summed E-state index contributed by atoms with van der Waals surface area (Å²) < 4.78 is 69.3. The molecule has 0 unspecified atom stereocenters. The smallest absolute Gasteiger partial charge is 0.200 e. The van der Waals surface area contributed by atoms with Gasteiger partial charge in [-0.15, -0.1) is 0 Å². The molecule has 0 saturated heterocycles. The van der Waals surface area contributed by atoms with Crippen molar-refractivity contribution in [2.75, 3.05) is 13.2 Å². The average molecular weight is 501 g/mol. The lowest BCUT2D eigenvalue weighted by atomic mass is 9.82. The third-order valence-electron chi connectivity index (χ3n) is 7.00. The van der Waals surface area contributed by atoms with Gasteiger partial charge in [-0.25, -0.2) is 13.2 Å². The Bertz CT molecular complexity index is 1170. The number of hydrogen-bond donors (Lipinski definition) is 0. The van der Waals surface area contributed by atoms with Crippen LogP contribution in [0.2, 0.25) is 0 Å². The number of aryl methyl sites for hydroxylation is 2. The van der Waals surface area contributed by atoms with Gasteiger partial charge in [0.2, 0.25) is 5.82 Å². The molecule has 0 N–H and O–H groups in total. The van der Waals surface area contributed by atoms with Crippen LogP contribution in [-0.4, -0.2) is 19.3 Å². The highest BCUT2D eigenvalue weighted by molar-refractivity contribution is 5.65. The highest BCUT2D eigenvalue weighted by atomic mass is 19.2. The number of hydrogen-bond acceptors (Lipinski definition) is 2. The lowest BCUT2D eigenvalue weighted by molar-refractivity contribution is 0.0325. The lowest BCUT2D eigenvalue weighted by Gasteiger charge is -2.29. The van der Waals surface area contributed by atoms with Crippen molar-refractivity contribution in [1.82, 2.24) is 0 Å². The van der Waals surface area contributed by atoms with E-state index in [1.165, 1.54) is 12.1 Å². The molecule has 0 amide bonds. The van der Waals surface area contributed by atoms with Crippen LogP contribution < -0.4 is 4.74 Å². The van der Waals surface area contributed by atoms with Crippen molar-refractivity contribution in [2.45, 2.75) is 64.4 Å². The van der Waals surface area contributed by atoms with Gasteiger partial charge in [0.1, 0.15) is 0 Å². The van der Waals surface area contributed by atoms with Crippen LogP contribution in [0, 0.1) is 23.3 Å². The largest absolute Gasteiger partial charge is 0.491 e. The highest BCUT2D eigenvalue weighted by Gasteiger charge is 2.26. The van der Waals surface area contributed by atoms with Crippen molar-refractivity contribution >= 4 is 0 Å². The zero-order valence-electron chi connectivity index (χ0n) is 20.8. The fraction of sp³-hybridized carbons (Fsp3) is 0.400. The Morgan fingerprint density at radius 1 is 0.694 bits per heavy atom. The van der Waals surface area contributed by atoms with Crippen molar-refractivity contribution in [2.24, 2.45) is 0 Å². The highest BCUT2D eigenvalue weighted by Crippen LogP contribution is 2.38. The molecular formula is C30H32F4O2. The van der Waals surface area contributed by atoms with E-state index in [1.54, 1.807) is 43.3 Å². The molecule has 1 aliphatic carbocycles. The van der Waals surface area contributed by atoms with E-state index < -0.39 is 23.3 Å². The number of benzene rings is 3. The molecule has 0 heterocycles. The van der Waals surface area contributed by atoms with Crippen molar-refractivity contribution in [3.05, 3.63) is 88.5 Å². The van der Waals surface area contributed by atoms with Gasteiger partial charge in [0, 0.05) is 12.2 Å². The summed E-state index contributed by atoms with van der Waals surface area (Å²) in [6.45, 7) is 4.60. The van der Waals surface area contributed by atoms with Crippen LogP contribution in [0.1, 0.15) is 62.1 Å². The van der Waals surface area contributed by atoms with E-state index >= 15 is 8.78 Å². The minimum absolute atomic E-state index is 0.000431. The molecule has 0 radical (unpaired) electrons. The molecule has 6 heteroatoms. The molecule has 1 fully saturated rings.